The molecule has 158 valence electrons. The second-order valence-corrected chi connectivity index (χ2v) is 7.97. The first-order chi connectivity index (χ1) is 14.5. The number of ether oxygens (including phenoxy) is 1. The van der Waals surface area contributed by atoms with Crippen LogP contribution in [0.5, 0.6) is 0 Å². The summed E-state index contributed by atoms with van der Waals surface area (Å²) in [4.78, 5) is 29.7. The van der Waals surface area contributed by atoms with Gasteiger partial charge in [-0.05, 0) is 42.8 Å². The van der Waals surface area contributed by atoms with Crippen LogP contribution >= 0.6 is 0 Å². The SMILES string of the molecule is Cc1ccc(N2CCOCC2)cc1NC(=O)C(=O)NC1CN(C)Cc2ccccc21. The minimum Gasteiger partial charge on any atom is -0.378 e. The number of fused-ring (bicyclic) bond motifs is 1. The number of hydrogen-bond donors (Lipinski definition) is 2. The summed E-state index contributed by atoms with van der Waals surface area (Å²) in [6.45, 7) is 6.43. The average Bonchev–Trinajstić information content (AvgIpc) is 2.75. The van der Waals surface area contributed by atoms with Gasteiger partial charge < -0.3 is 20.3 Å². The van der Waals surface area contributed by atoms with Gasteiger partial charge in [0.2, 0.25) is 0 Å². The Balaban J connectivity index is 1.45. The quantitative estimate of drug-likeness (QED) is 0.761. The molecule has 1 atom stereocenters. The van der Waals surface area contributed by atoms with E-state index in [-0.39, 0.29) is 6.04 Å². The fourth-order valence-electron chi connectivity index (χ4n) is 4.07. The Morgan fingerprint density at radius 2 is 1.83 bits per heavy atom. The van der Waals surface area contributed by atoms with Gasteiger partial charge in [-0.25, -0.2) is 0 Å². The Morgan fingerprint density at radius 1 is 1.07 bits per heavy atom. The zero-order valence-corrected chi connectivity index (χ0v) is 17.5. The van der Waals surface area contributed by atoms with Gasteiger partial charge in [-0.3, -0.25) is 14.5 Å². The van der Waals surface area contributed by atoms with Crippen LogP contribution in [0.2, 0.25) is 0 Å². The van der Waals surface area contributed by atoms with Gasteiger partial charge in [0, 0.05) is 37.6 Å². The molecule has 7 heteroatoms. The number of anilines is 2. The van der Waals surface area contributed by atoms with E-state index in [9.17, 15) is 9.59 Å². The van der Waals surface area contributed by atoms with Gasteiger partial charge in [-0.15, -0.1) is 0 Å². The lowest BCUT2D eigenvalue weighted by Crippen LogP contribution is -2.44. The van der Waals surface area contributed by atoms with E-state index in [1.165, 1.54) is 5.56 Å². The number of amides is 2. The van der Waals surface area contributed by atoms with Crippen molar-refractivity contribution in [2.45, 2.75) is 19.5 Å². The van der Waals surface area contributed by atoms with Crippen molar-refractivity contribution < 1.29 is 14.3 Å². The van der Waals surface area contributed by atoms with E-state index in [1.54, 1.807) is 0 Å². The fraction of sp³-hybridized carbons (Fsp3) is 0.391. The molecular weight excluding hydrogens is 380 g/mol. The zero-order valence-electron chi connectivity index (χ0n) is 17.5. The summed E-state index contributed by atoms with van der Waals surface area (Å²) in [6.07, 6.45) is 0. The van der Waals surface area contributed by atoms with Crippen LogP contribution in [0.25, 0.3) is 0 Å². The number of carbonyl (C=O) groups excluding carboxylic acids is 2. The van der Waals surface area contributed by atoms with E-state index in [2.05, 4.69) is 26.5 Å². The predicted octanol–water partition coefficient (Wildman–Crippen LogP) is 2.07. The topological polar surface area (TPSA) is 73.9 Å². The number of benzene rings is 2. The number of likely N-dealkylation sites (N-methyl/N-ethyl adjacent to an activating group) is 1. The number of morpholine rings is 1. The van der Waals surface area contributed by atoms with Crippen LogP contribution < -0.4 is 15.5 Å². The Hall–Kier alpha value is -2.90. The van der Waals surface area contributed by atoms with E-state index in [0.29, 0.717) is 25.4 Å². The molecule has 2 amide bonds. The zero-order chi connectivity index (χ0) is 21.1. The summed E-state index contributed by atoms with van der Waals surface area (Å²) < 4.78 is 5.41. The van der Waals surface area contributed by atoms with Crippen molar-refractivity contribution in [3.63, 3.8) is 0 Å². The van der Waals surface area contributed by atoms with E-state index in [1.807, 2.05) is 50.4 Å². The van der Waals surface area contributed by atoms with Crippen LogP contribution in [0, 0.1) is 6.92 Å². The summed E-state index contributed by atoms with van der Waals surface area (Å²) >= 11 is 0. The molecular formula is C23H28N4O3. The maximum absolute atomic E-state index is 12.7. The van der Waals surface area contributed by atoms with Crippen molar-refractivity contribution in [1.82, 2.24) is 10.2 Å². The van der Waals surface area contributed by atoms with E-state index in [4.69, 9.17) is 4.74 Å². The smallest absolute Gasteiger partial charge is 0.313 e. The highest BCUT2D eigenvalue weighted by molar-refractivity contribution is 6.39. The molecule has 1 unspecified atom stereocenters. The number of nitrogens with one attached hydrogen (secondary N) is 2. The molecule has 2 aliphatic rings. The summed E-state index contributed by atoms with van der Waals surface area (Å²) in [5.74, 6) is -1.27. The van der Waals surface area contributed by atoms with Crippen LogP contribution in [0.15, 0.2) is 42.5 Å². The molecule has 0 spiro atoms. The minimum atomic E-state index is -0.650. The van der Waals surface area contributed by atoms with Crippen LogP contribution in [-0.2, 0) is 20.9 Å². The van der Waals surface area contributed by atoms with E-state index >= 15 is 0 Å². The molecule has 1 fully saturated rings. The van der Waals surface area contributed by atoms with E-state index < -0.39 is 11.8 Å². The van der Waals surface area contributed by atoms with Crippen molar-refractivity contribution >= 4 is 23.2 Å². The Morgan fingerprint density at radius 3 is 2.63 bits per heavy atom. The molecule has 0 radical (unpaired) electrons. The van der Waals surface area contributed by atoms with Crippen molar-refractivity contribution in [3.05, 3.63) is 59.2 Å². The predicted molar refractivity (Wildman–Crippen MR) is 117 cm³/mol. The van der Waals surface area contributed by atoms with Crippen molar-refractivity contribution in [2.24, 2.45) is 0 Å². The molecule has 0 aliphatic carbocycles. The van der Waals surface area contributed by atoms with Gasteiger partial charge in [-0.1, -0.05) is 30.3 Å². The second kappa shape index (κ2) is 8.85. The molecule has 2 aromatic carbocycles. The third kappa shape index (κ3) is 4.47. The highest BCUT2D eigenvalue weighted by atomic mass is 16.5. The largest absolute Gasteiger partial charge is 0.378 e. The molecule has 7 nitrogen and oxygen atoms in total. The molecule has 30 heavy (non-hydrogen) atoms. The van der Waals surface area contributed by atoms with Crippen LogP contribution in [0.3, 0.4) is 0 Å². The molecule has 2 N–H and O–H groups in total. The lowest BCUT2D eigenvalue weighted by Gasteiger charge is -2.32. The number of rotatable bonds is 3. The molecule has 1 saturated heterocycles. The first-order valence-electron chi connectivity index (χ1n) is 10.3. The molecule has 2 aliphatic heterocycles. The number of nitrogens with zero attached hydrogens (tertiary/aromatic N) is 2. The average molecular weight is 409 g/mol. The lowest BCUT2D eigenvalue weighted by molar-refractivity contribution is -0.136. The number of hydrogen-bond acceptors (Lipinski definition) is 5. The summed E-state index contributed by atoms with van der Waals surface area (Å²) in [7, 11) is 2.01. The second-order valence-electron chi connectivity index (χ2n) is 7.97. The van der Waals surface area contributed by atoms with Gasteiger partial charge in [0.15, 0.2) is 0 Å². The summed E-state index contributed by atoms with van der Waals surface area (Å²) in [6, 6.07) is 13.7. The molecule has 2 heterocycles. The first-order valence-corrected chi connectivity index (χ1v) is 10.3. The van der Waals surface area contributed by atoms with Gasteiger partial charge in [0.25, 0.3) is 0 Å². The maximum atomic E-state index is 12.7. The molecule has 0 saturated carbocycles. The summed E-state index contributed by atoms with van der Waals surface area (Å²) in [5, 5.41) is 5.70. The fourth-order valence-corrected chi connectivity index (χ4v) is 4.07. The van der Waals surface area contributed by atoms with Crippen LogP contribution in [0.4, 0.5) is 11.4 Å². The third-order valence-corrected chi connectivity index (χ3v) is 5.72. The standard InChI is InChI=1S/C23H28N4O3/c1-16-7-8-18(27-9-11-30-12-10-27)13-20(16)24-22(28)23(29)25-21-15-26(2)14-17-5-3-4-6-19(17)21/h3-8,13,21H,9-12,14-15H2,1-2H3,(H,24,28)(H,25,29). The minimum absolute atomic E-state index is 0.209. The van der Waals surface area contributed by atoms with Crippen molar-refractivity contribution in [1.29, 1.82) is 0 Å². The van der Waals surface area contributed by atoms with E-state index in [0.717, 1.165) is 36.4 Å². The Kier molecular flexibility index (Phi) is 6.01. The van der Waals surface area contributed by atoms with Gasteiger partial charge in [0.05, 0.1) is 19.3 Å². The first kappa shape index (κ1) is 20.4. The van der Waals surface area contributed by atoms with Gasteiger partial charge >= 0.3 is 11.8 Å². The summed E-state index contributed by atoms with van der Waals surface area (Å²) in [5.41, 5.74) is 4.83. The highest BCUT2D eigenvalue weighted by Gasteiger charge is 2.27. The molecule has 4 rings (SSSR count). The lowest BCUT2D eigenvalue weighted by atomic mass is 9.95. The highest BCUT2D eigenvalue weighted by Crippen LogP contribution is 2.26. The van der Waals surface area contributed by atoms with Crippen molar-refractivity contribution in [3.8, 4) is 0 Å². The molecule has 0 bridgehead atoms. The third-order valence-electron chi connectivity index (χ3n) is 5.72. The molecule has 0 aromatic heterocycles. The Labute approximate surface area is 177 Å². The van der Waals surface area contributed by atoms with Gasteiger partial charge in [0.1, 0.15) is 0 Å². The number of carbonyl (C=O) groups is 2. The maximum Gasteiger partial charge on any atom is 0.313 e. The van der Waals surface area contributed by atoms with Crippen molar-refractivity contribution in [2.75, 3.05) is 50.1 Å². The Bertz CT molecular complexity index is 940. The van der Waals surface area contributed by atoms with Crippen LogP contribution in [0.1, 0.15) is 22.7 Å². The monoisotopic (exact) mass is 408 g/mol. The van der Waals surface area contributed by atoms with Crippen LogP contribution in [-0.4, -0.2) is 56.6 Å². The number of aryl methyl sites for hydroxylation is 1. The molecule has 2 aromatic rings. The van der Waals surface area contributed by atoms with Gasteiger partial charge in [-0.2, -0.15) is 0 Å². The normalized spacial score (nSPS) is 19.1.